The number of likely N-dealkylation sites (tertiary alicyclic amines) is 1. The number of fused-ring (bicyclic) bond motifs is 1. The quantitative estimate of drug-likeness (QED) is 0.235. The molecule has 3 amide bonds. The zero-order chi connectivity index (χ0) is 25.0. The molecule has 1 aromatic rings. The molecule has 0 bridgehead atoms. The fourth-order valence-corrected chi connectivity index (χ4v) is 4.25. The highest BCUT2D eigenvalue weighted by molar-refractivity contribution is 7.81. The van der Waals surface area contributed by atoms with Gasteiger partial charge in [0.1, 0.15) is 17.5 Å². The molecule has 3 N–H and O–H groups in total. The van der Waals surface area contributed by atoms with Gasteiger partial charge < -0.3 is 14.9 Å². The molecule has 1 heterocycles. The van der Waals surface area contributed by atoms with E-state index in [0.717, 1.165) is 16.9 Å². The molecule has 2 aliphatic rings. The topological polar surface area (TPSA) is 146 Å². The van der Waals surface area contributed by atoms with Crippen molar-refractivity contribution in [3.63, 3.8) is 0 Å². The van der Waals surface area contributed by atoms with Crippen molar-refractivity contribution in [3.05, 3.63) is 23.3 Å². The number of aliphatic carboxylic acids is 1. The van der Waals surface area contributed by atoms with Gasteiger partial charge in [-0.15, -0.1) is 0 Å². The molecule has 0 aromatic heterocycles. The van der Waals surface area contributed by atoms with E-state index >= 15 is 0 Å². The first-order valence-corrected chi connectivity index (χ1v) is 11.6. The number of thiol groups is 1. The van der Waals surface area contributed by atoms with E-state index in [9.17, 15) is 29.4 Å². The Morgan fingerprint density at radius 3 is 2.50 bits per heavy atom. The number of rotatable bonds is 9. The van der Waals surface area contributed by atoms with Gasteiger partial charge in [-0.2, -0.15) is 17.7 Å². The maximum atomic E-state index is 12.1. The van der Waals surface area contributed by atoms with Crippen LogP contribution in [0.25, 0.3) is 0 Å². The Morgan fingerprint density at radius 1 is 1.21 bits per heavy atom. The Hall–Kier alpha value is -3.08. The van der Waals surface area contributed by atoms with Crippen molar-refractivity contribution < 1.29 is 34.1 Å². The first-order chi connectivity index (χ1) is 16.0. The summed E-state index contributed by atoms with van der Waals surface area (Å²) in [7, 11) is 0. The number of carbonyl (C=O) groups is 4. The second-order valence-electron chi connectivity index (χ2n) is 9.06. The highest BCUT2D eigenvalue weighted by atomic mass is 32.1. The number of aryl methyl sites for hydroxylation is 1. The summed E-state index contributed by atoms with van der Waals surface area (Å²) in [6, 6.07) is 1.85. The summed E-state index contributed by atoms with van der Waals surface area (Å²) in [5.41, 5.74) is 4.43. The summed E-state index contributed by atoms with van der Waals surface area (Å²) in [6.45, 7) is 3.58. The highest BCUT2D eigenvalue weighted by Crippen LogP contribution is 2.34. The van der Waals surface area contributed by atoms with E-state index < -0.39 is 28.6 Å². The van der Waals surface area contributed by atoms with Crippen LogP contribution in [0.4, 0.5) is 0 Å². The average molecular weight is 492 g/mol. The number of amides is 3. The van der Waals surface area contributed by atoms with Crippen molar-refractivity contribution in [2.24, 2.45) is 5.10 Å². The summed E-state index contributed by atoms with van der Waals surface area (Å²) in [6.07, 6.45) is 2.16. The summed E-state index contributed by atoms with van der Waals surface area (Å²) in [4.78, 5) is 48.2. The number of carboxylic acids is 1. The third-order valence-electron chi connectivity index (χ3n) is 5.58. The molecule has 34 heavy (non-hydrogen) atoms. The van der Waals surface area contributed by atoms with Crippen molar-refractivity contribution >= 4 is 42.0 Å². The van der Waals surface area contributed by atoms with Crippen LogP contribution in [0.15, 0.2) is 17.2 Å². The van der Waals surface area contributed by atoms with Gasteiger partial charge in [0.25, 0.3) is 0 Å². The van der Waals surface area contributed by atoms with Crippen molar-refractivity contribution in [1.29, 1.82) is 0 Å². The first-order valence-electron chi connectivity index (χ1n) is 11.1. The SMILES string of the molecule is CC(C)(S)CC(=O)N/N=C1/CCCc2cc(OCCC(C(=O)O)N3C(=O)CCC3=O)cc(O)c21. The zero-order valence-electron chi connectivity index (χ0n) is 19.2. The van der Waals surface area contributed by atoms with E-state index in [2.05, 4.69) is 23.2 Å². The van der Waals surface area contributed by atoms with Crippen LogP contribution in [0.3, 0.4) is 0 Å². The predicted octanol–water partition coefficient (Wildman–Crippen LogP) is 2.02. The number of hydrogen-bond acceptors (Lipinski definition) is 8. The largest absolute Gasteiger partial charge is 0.507 e. The lowest BCUT2D eigenvalue weighted by Crippen LogP contribution is -2.45. The van der Waals surface area contributed by atoms with Crippen LogP contribution in [-0.4, -0.2) is 61.9 Å². The highest BCUT2D eigenvalue weighted by Gasteiger charge is 2.38. The predicted molar refractivity (Wildman–Crippen MR) is 126 cm³/mol. The Morgan fingerprint density at radius 2 is 1.88 bits per heavy atom. The van der Waals surface area contributed by atoms with Gasteiger partial charge in [0.15, 0.2) is 0 Å². The van der Waals surface area contributed by atoms with E-state index in [1.165, 1.54) is 6.07 Å². The van der Waals surface area contributed by atoms with Gasteiger partial charge in [0.05, 0.1) is 12.3 Å². The maximum Gasteiger partial charge on any atom is 0.327 e. The maximum absolute atomic E-state index is 12.1. The van der Waals surface area contributed by atoms with Crippen molar-refractivity contribution in [1.82, 2.24) is 10.3 Å². The van der Waals surface area contributed by atoms with Gasteiger partial charge in [-0.1, -0.05) is 13.8 Å². The standard InChI is InChI=1S/C23H29N3O7S/c1-23(2,34)12-18(28)25-24-15-5-3-4-13-10-14(11-17(27)21(13)15)33-9-8-16(22(31)32)26-19(29)6-7-20(26)30/h10-11,16,27,34H,3-9,12H2,1-2H3,(H,25,28)(H,31,32)/b24-15-. The molecule has 11 heteroatoms. The Bertz CT molecular complexity index is 1020. The molecule has 0 spiro atoms. The van der Waals surface area contributed by atoms with Gasteiger partial charge in [-0.3, -0.25) is 19.3 Å². The van der Waals surface area contributed by atoms with E-state index in [4.69, 9.17) is 4.74 Å². The fourth-order valence-electron chi connectivity index (χ4n) is 4.11. The third-order valence-corrected chi connectivity index (χ3v) is 5.73. The molecule has 1 aliphatic carbocycles. The molecule has 1 aromatic carbocycles. The molecule has 10 nitrogen and oxygen atoms in total. The third kappa shape index (κ3) is 6.28. The fraction of sp³-hybridized carbons (Fsp3) is 0.522. The van der Waals surface area contributed by atoms with Gasteiger partial charge >= 0.3 is 5.97 Å². The number of nitrogens with zero attached hydrogens (tertiary/aromatic N) is 2. The molecule has 1 atom stereocenters. The number of nitrogens with one attached hydrogen (secondary N) is 1. The molecule has 1 saturated heterocycles. The minimum absolute atomic E-state index is 0.0128. The van der Waals surface area contributed by atoms with Crippen LogP contribution in [0.1, 0.15) is 63.5 Å². The molecule has 1 fully saturated rings. The van der Waals surface area contributed by atoms with Gasteiger partial charge in [0, 0.05) is 42.1 Å². The Labute approximate surface area is 202 Å². The van der Waals surface area contributed by atoms with Crippen molar-refractivity contribution in [2.75, 3.05) is 6.61 Å². The van der Waals surface area contributed by atoms with E-state index in [1.54, 1.807) is 6.07 Å². The molecule has 0 radical (unpaired) electrons. The lowest BCUT2D eigenvalue weighted by atomic mass is 9.89. The molecular formula is C23H29N3O7S. The number of carbonyl (C=O) groups excluding carboxylic acids is 3. The van der Waals surface area contributed by atoms with Crippen LogP contribution in [0.5, 0.6) is 11.5 Å². The molecule has 184 valence electrons. The number of aromatic hydroxyl groups is 1. The summed E-state index contributed by atoms with van der Waals surface area (Å²) in [5.74, 6) is -2.27. The average Bonchev–Trinajstić information content (AvgIpc) is 3.06. The number of hydrazone groups is 1. The number of ether oxygens (including phenoxy) is 1. The number of benzene rings is 1. The minimum Gasteiger partial charge on any atom is -0.507 e. The second kappa shape index (κ2) is 10.5. The molecular weight excluding hydrogens is 462 g/mol. The van der Waals surface area contributed by atoms with Crippen molar-refractivity contribution in [2.45, 2.75) is 69.6 Å². The number of phenolic OH excluding ortho intramolecular Hbond substituents is 1. The molecule has 1 unspecified atom stereocenters. The van der Waals surface area contributed by atoms with E-state index in [0.29, 0.717) is 29.9 Å². The van der Waals surface area contributed by atoms with E-state index in [1.807, 2.05) is 13.8 Å². The van der Waals surface area contributed by atoms with Crippen molar-refractivity contribution in [3.8, 4) is 11.5 Å². The molecule has 3 rings (SSSR count). The second-order valence-corrected chi connectivity index (χ2v) is 10.3. The monoisotopic (exact) mass is 491 g/mol. The van der Waals surface area contributed by atoms with E-state index in [-0.39, 0.29) is 43.9 Å². The number of hydrogen-bond donors (Lipinski definition) is 4. The van der Waals surface area contributed by atoms with Gasteiger partial charge in [0.2, 0.25) is 17.7 Å². The number of carboxylic acid groups (broad SMARTS) is 1. The number of phenols is 1. The lowest BCUT2D eigenvalue weighted by molar-refractivity contribution is -0.154. The van der Waals surface area contributed by atoms with Gasteiger partial charge in [-0.05, 0) is 30.9 Å². The van der Waals surface area contributed by atoms with Crippen LogP contribution in [-0.2, 0) is 25.6 Å². The van der Waals surface area contributed by atoms with Crippen LogP contribution in [0, 0.1) is 0 Å². The number of imide groups is 1. The van der Waals surface area contributed by atoms with Crippen LogP contribution in [0.2, 0.25) is 0 Å². The van der Waals surface area contributed by atoms with Gasteiger partial charge in [-0.25, -0.2) is 10.2 Å². The molecule has 1 aliphatic heterocycles. The minimum atomic E-state index is -1.29. The van der Waals surface area contributed by atoms with Crippen LogP contribution < -0.4 is 10.2 Å². The smallest absolute Gasteiger partial charge is 0.327 e. The molecule has 0 saturated carbocycles. The summed E-state index contributed by atoms with van der Waals surface area (Å²) in [5, 5.41) is 24.3. The zero-order valence-corrected chi connectivity index (χ0v) is 20.1. The Balaban J connectivity index is 1.68. The summed E-state index contributed by atoms with van der Waals surface area (Å²) >= 11 is 4.34. The normalized spacial score (nSPS) is 18.1. The Kier molecular flexibility index (Phi) is 7.86. The van der Waals surface area contributed by atoms with Crippen LogP contribution >= 0.6 is 12.6 Å². The lowest BCUT2D eigenvalue weighted by Gasteiger charge is -2.23. The first kappa shape index (κ1) is 25.5. The summed E-state index contributed by atoms with van der Waals surface area (Å²) < 4.78 is 5.19.